The van der Waals surface area contributed by atoms with Crippen molar-refractivity contribution in [2.45, 2.75) is 6.92 Å². The molecule has 0 aliphatic heterocycles. The molecule has 0 fully saturated rings. The van der Waals surface area contributed by atoms with Crippen LogP contribution in [0.4, 0.5) is 0 Å². The zero-order chi connectivity index (χ0) is 8.43. The molecule has 0 saturated heterocycles. The minimum absolute atomic E-state index is 0.200. The van der Waals surface area contributed by atoms with Crippen molar-refractivity contribution < 1.29 is 9.84 Å². The van der Waals surface area contributed by atoms with Crippen LogP contribution in [0.5, 0.6) is 11.5 Å². The van der Waals surface area contributed by atoms with Gasteiger partial charge in [-0.3, -0.25) is 0 Å². The van der Waals surface area contributed by atoms with E-state index in [-0.39, 0.29) is 5.75 Å². The van der Waals surface area contributed by atoms with Gasteiger partial charge in [-0.05, 0) is 19.1 Å². The van der Waals surface area contributed by atoms with E-state index in [0.29, 0.717) is 16.3 Å². The summed E-state index contributed by atoms with van der Waals surface area (Å²) in [5.74, 6) is 0.734. The number of phenols is 1. The van der Waals surface area contributed by atoms with E-state index in [0.717, 1.165) is 0 Å². The first-order chi connectivity index (χ1) is 5.16. The van der Waals surface area contributed by atoms with Gasteiger partial charge in [0.2, 0.25) is 0 Å². The van der Waals surface area contributed by atoms with Gasteiger partial charge in [0.25, 0.3) is 0 Å². The molecule has 0 aliphatic carbocycles. The van der Waals surface area contributed by atoms with Crippen LogP contribution in [0, 0.1) is 6.92 Å². The van der Waals surface area contributed by atoms with Crippen molar-refractivity contribution >= 4 is 11.6 Å². The Morgan fingerprint density at radius 3 is 2.55 bits per heavy atom. The zero-order valence-electron chi connectivity index (χ0n) is 6.39. The normalized spacial score (nSPS) is 9.73. The topological polar surface area (TPSA) is 29.5 Å². The van der Waals surface area contributed by atoms with Crippen molar-refractivity contribution in [3.8, 4) is 11.5 Å². The number of phenolic OH excluding ortho intramolecular Hbond substituents is 1. The Bertz CT molecular complexity index is 271. The Morgan fingerprint density at radius 2 is 2.09 bits per heavy atom. The number of hydrogen-bond donors (Lipinski definition) is 1. The summed E-state index contributed by atoms with van der Waals surface area (Å²) in [5.41, 5.74) is 0.667. The molecule has 0 amide bonds. The van der Waals surface area contributed by atoms with Crippen LogP contribution in [0.25, 0.3) is 0 Å². The summed E-state index contributed by atoms with van der Waals surface area (Å²) in [6, 6.07) is 3.14. The van der Waals surface area contributed by atoms with E-state index in [1.54, 1.807) is 19.1 Å². The summed E-state index contributed by atoms with van der Waals surface area (Å²) in [5, 5.41) is 9.73. The van der Waals surface area contributed by atoms with Crippen LogP contribution in [-0.2, 0) is 0 Å². The highest BCUT2D eigenvalue weighted by atomic mass is 35.5. The highest BCUT2D eigenvalue weighted by molar-refractivity contribution is 6.32. The van der Waals surface area contributed by atoms with Crippen molar-refractivity contribution in [1.29, 1.82) is 0 Å². The Labute approximate surface area is 70.4 Å². The Morgan fingerprint density at radius 1 is 1.45 bits per heavy atom. The molecule has 0 aliphatic rings. The maximum absolute atomic E-state index is 9.22. The third-order valence-corrected chi connectivity index (χ3v) is 1.83. The van der Waals surface area contributed by atoms with Gasteiger partial charge in [0.1, 0.15) is 11.5 Å². The van der Waals surface area contributed by atoms with Crippen molar-refractivity contribution in [3.05, 3.63) is 22.7 Å². The third-order valence-electron chi connectivity index (χ3n) is 1.53. The van der Waals surface area contributed by atoms with Crippen molar-refractivity contribution in [1.82, 2.24) is 0 Å². The van der Waals surface area contributed by atoms with E-state index in [1.807, 2.05) is 0 Å². The largest absolute Gasteiger partial charge is 0.508 e. The number of benzene rings is 1. The lowest BCUT2D eigenvalue weighted by Crippen LogP contribution is -1.87. The van der Waals surface area contributed by atoms with Crippen LogP contribution in [0.2, 0.25) is 5.02 Å². The highest BCUT2D eigenvalue weighted by Gasteiger charge is 2.06. The molecule has 0 radical (unpaired) electrons. The molecule has 0 spiro atoms. The molecule has 1 aromatic carbocycles. The molecule has 0 heterocycles. The average molecular weight is 173 g/mol. The molecule has 0 saturated carbocycles. The molecule has 2 nitrogen and oxygen atoms in total. The molecule has 11 heavy (non-hydrogen) atoms. The number of aromatic hydroxyl groups is 1. The van der Waals surface area contributed by atoms with Crippen LogP contribution in [0.3, 0.4) is 0 Å². The summed E-state index contributed by atoms with van der Waals surface area (Å²) in [6.45, 7) is 1.75. The first kappa shape index (κ1) is 8.21. The van der Waals surface area contributed by atoms with Crippen LogP contribution in [-0.4, -0.2) is 12.2 Å². The maximum atomic E-state index is 9.22. The predicted octanol–water partition coefficient (Wildman–Crippen LogP) is 2.36. The van der Waals surface area contributed by atoms with Gasteiger partial charge in [-0.25, -0.2) is 0 Å². The summed E-state index contributed by atoms with van der Waals surface area (Å²) in [6.07, 6.45) is 0. The monoisotopic (exact) mass is 172 g/mol. The molecular weight excluding hydrogens is 164 g/mol. The lowest BCUT2D eigenvalue weighted by molar-refractivity contribution is 0.403. The smallest absolute Gasteiger partial charge is 0.144 e. The van der Waals surface area contributed by atoms with Crippen molar-refractivity contribution in [2.75, 3.05) is 7.11 Å². The predicted molar refractivity (Wildman–Crippen MR) is 44.4 cm³/mol. The van der Waals surface area contributed by atoms with Gasteiger partial charge in [-0.1, -0.05) is 11.6 Å². The van der Waals surface area contributed by atoms with Gasteiger partial charge >= 0.3 is 0 Å². The van der Waals surface area contributed by atoms with Crippen LogP contribution in [0.1, 0.15) is 5.56 Å². The lowest BCUT2D eigenvalue weighted by atomic mass is 10.2. The van der Waals surface area contributed by atoms with E-state index in [2.05, 4.69) is 0 Å². The molecule has 1 rings (SSSR count). The standard InChI is InChI=1S/C8H9ClO2/c1-5-7(10)4-3-6(9)8(5)11-2/h3-4,10H,1-2H3. The second kappa shape index (κ2) is 3.01. The minimum Gasteiger partial charge on any atom is -0.508 e. The van der Waals surface area contributed by atoms with E-state index in [4.69, 9.17) is 16.3 Å². The molecule has 3 heteroatoms. The van der Waals surface area contributed by atoms with Gasteiger partial charge in [-0.15, -0.1) is 0 Å². The summed E-state index contributed by atoms with van der Waals surface area (Å²) >= 11 is 5.77. The van der Waals surface area contributed by atoms with Gasteiger partial charge in [0.05, 0.1) is 12.1 Å². The van der Waals surface area contributed by atoms with Crippen LogP contribution in [0.15, 0.2) is 12.1 Å². The first-order valence-electron chi connectivity index (χ1n) is 3.19. The Balaban J connectivity index is 3.29. The number of halogens is 1. The summed E-state index contributed by atoms with van der Waals surface area (Å²) in [7, 11) is 1.52. The molecule has 0 bridgehead atoms. The van der Waals surface area contributed by atoms with E-state index >= 15 is 0 Å². The Hall–Kier alpha value is -0.890. The number of methoxy groups -OCH3 is 1. The fourth-order valence-electron chi connectivity index (χ4n) is 0.899. The highest BCUT2D eigenvalue weighted by Crippen LogP contribution is 2.33. The molecule has 0 atom stereocenters. The van der Waals surface area contributed by atoms with Gasteiger partial charge < -0.3 is 9.84 Å². The molecule has 60 valence electrons. The molecular formula is C8H9ClO2. The number of ether oxygens (including phenoxy) is 1. The van der Waals surface area contributed by atoms with Crippen molar-refractivity contribution in [3.63, 3.8) is 0 Å². The van der Waals surface area contributed by atoms with Gasteiger partial charge in [0.15, 0.2) is 0 Å². The number of rotatable bonds is 1. The van der Waals surface area contributed by atoms with E-state index in [9.17, 15) is 5.11 Å². The molecule has 0 aromatic heterocycles. The van der Waals surface area contributed by atoms with Gasteiger partial charge in [-0.2, -0.15) is 0 Å². The number of hydrogen-bond acceptors (Lipinski definition) is 2. The summed E-state index contributed by atoms with van der Waals surface area (Å²) < 4.78 is 4.96. The molecule has 0 unspecified atom stereocenters. The van der Waals surface area contributed by atoms with E-state index < -0.39 is 0 Å². The molecule has 1 aromatic rings. The SMILES string of the molecule is COc1c(Cl)ccc(O)c1C. The molecule has 1 N–H and O–H groups in total. The summed E-state index contributed by atoms with van der Waals surface area (Å²) in [4.78, 5) is 0. The second-order valence-corrected chi connectivity index (χ2v) is 2.63. The van der Waals surface area contributed by atoms with Crippen molar-refractivity contribution in [2.24, 2.45) is 0 Å². The van der Waals surface area contributed by atoms with Crippen LogP contribution >= 0.6 is 11.6 Å². The van der Waals surface area contributed by atoms with Crippen LogP contribution < -0.4 is 4.74 Å². The van der Waals surface area contributed by atoms with Gasteiger partial charge in [0, 0.05) is 5.56 Å². The zero-order valence-corrected chi connectivity index (χ0v) is 7.14. The fraction of sp³-hybridized carbons (Fsp3) is 0.250. The average Bonchev–Trinajstić information content (AvgIpc) is 1.99. The quantitative estimate of drug-likeness (QED) is 0.705. The second-order valence-electron chi connectivity index (χ2n) is 2.22. The Kier molecular flexibility index (Phi) is 2.25. The fourth-order valence-corrected chi connectivity index (χ4v) is 1.18. The maximum Gasteiger partial charge on any atom is 0.144 e. The van der Waals surface area contributed by atoms with E-state index in [1.165, 1.54) is 7.11 Å². The minimum atomic E-state index is 0.200. The lowest BCUT2D eigenvalue weighted by Gasteiger charge is -2.07. The first-order valence-corrected chi connectivity index (χ1v) is 3.56. The third kappa shape index (κ3) is 1.40.